The molecule has 0 aliphatic carbocycles. The van der Waals surface area contributed by atoms with Crippen LogP contribution in [0.5, 0.6) is 0 Å². The van der Waals surface area contributed by atoms with Gasteiger partial charge in [0.05, 0.1) is 11.5 Å². The third kappa shape index (κ3) is 2.83. The van der Waals surface area contributed by atoms with Crippen molar-refractivity contribution in [3.63, 3.8) is 0 Å². The summed E-state index contributed by atoms with van der Waals surface area (Å²) in [6.07, 6.45) is 0. The van der Waals surface area contributed by atoms with Gasteiger partial charge in [-0.3, -0.25) is 0 Å². The van der Waals surface area contributed by atoms with E-state index in [0.29, 0.717) is 0 Å². The lowest BCUT2D eigenvalue weighted by molar-refractivity contribution is 0.277. The minimum Gasteiger partial charge on any atom is -0.392 e. The zero-order valence-electron chi connectivity index (χ0n) is 10.0. The molecule has 0 heterocycles. The lowest BCUT2D eigenvalue weighted by Gasteiger charge is -2.22. The molecule has 1 rings (SSSR count). The Labute approximate surface area is 101 Å². The van der Waals surface area contributed by atoms with Crippen LogP contribution < -0.4 is 0 Å². The van der Waals surface area contributed by atoms with Crippen molar-refractivity contribution in [1.82, 2.24) is 4.31 Å². The smallest absolute Gasteiger partial charge is 0.243 e. The number of aliphatic hydroxyl groups is 1. The number of hydrogen-bond donors (Lipinski definition) is 1. The first-order valence-electron chi connectivity index (χ1n) is 5.18. The van der Waals surface area contributed by atoms with Gasteiger partial charge in [-0.15, -0.1) is 0 Å². The molecule has 0 amide bonds. The number of aliphatic hydroxyl groups excluding tert-OH is 1. The van der Waals surface area contributed by atoms with E-state index in [0.717, 1.165) is 16.4 Å². The minimum atomic E-state index is -3.77. The summed E-state index contributed by atoms with van der Waals surface area (Å²) in [6.45, 7) is 2.99. The average Bonchev–Trinajstić information content (AvgIpc) is 2.27. The van der Waals surface area contributed by atoms with E-state index in [4.69, 9.17) is 5.11 Å². The van der Waals surface area contributed by atoms with Crippen LogP contribution in [0, 0.1) is 5.82 Å². The molecule has 0 spiro atoms. The van der Waals surface area contributed by atoms with Crippen molar-refractivity contribution in [3.8, 4) is 0 Å². The molecule has 0 saturated carbocycles. The molecule has 1 N–H and O–H groups in total. The van der Waals surface area contributed by atoms with Crippen LogP contribution in [-0.2, 0) is 16.6 Å². The zero-order valence-corrected chi connectivity index (χ0v) is 10.8. The molecule has 6 heteroatoms. The lowest BCUT2D eigenvalue weighted by Crippen LogP contribution is -2.33. The maximum atomic E-state index is 13.1. The second-order valence-electron chi connectivity index (χ2n) is 4.03. The lowest BCUT2D eigenvalue weighted by atomic mass is 10.2. The van der Waals surface area contributed by atoms with Crippen LogP contribution in [0.25, 0.3) is 0 Å². The van der Waals surface area contributed by atoms with Crippen molar-refractivity contribution >= 4 is 10.0 Å². The Balaban J connectivity index is 3.37. The van der Waals surface area contributed by atoms with Gasteiger partial charge in [0.25, 0.3) is 0 Å². The Bertz CT molecular complexity index is 499. The molecule has 0 radical (unpaired) electrons. The third-order valence-electron chi connectivity index (χ3n) is 2.58. The van der Waals surface area contributed by atoms with Crippen LogP contribution in [0.15, 0.2) is 23.1 Å². The molecule has 0 saturated heterocycles. The molecule has 4 nitrogen and oxygen atoms in total. The van der Waals surface area contributed by atoms with Crippen LogP contribution in [-0.4, -0.2) is 30.9 Å². The fourth-order valence-corrected chi connectivity index (χ4v) is 2.92. The molecule has 1 aromatic carbocycles. The fourth-order valence-electron chi connectivity index (χ4n) is 1.33. The molecule has 0 fully saturated rings. The molecule has 0 aliphatic rings. The van der Waals surface area contributed by atoms with Gasteiger partial charge in [0.2, 0.25) is 10.0 Å². The van der Waals surface area contributed by atoms with Gasteiger partial charge in [-0.2, -0.15) is 4.31 Å². The third-order valence-corrected chi connectivity index (χ3v) is 4.70. The molecule has 17 heavy (non-hydrogen) atoms. The van der Waals surface area contributed by atoms with Crippen molar-refractivity contribution in [1.29, 1.82) is 0 Å². The van der Waals surface area contributed by atoms with Crippen molar-refractivity contribution in [2.75, 3.05) is 7.05 Å². The average molecular weight is 261 g/mol. The monoisotopic (exact) mass is 261 g/mol. The number of halogens is 1. The number of benzene rings is 1. The molecular weight excluding hydrogens is 245 g/mol. The van der Waals surface area contributed by atoms with Gasteiger partial charge in [-0.25, -0.2) is 12.8 Å². The molecule has 96 valence electrons. The quantitative estimate of drug-likeness (QED) is 0.890. The van der Waals surface area contributed by atoms with Gasteiger partial charge in [-0.1, -0.05) is 6.07 Å². The highest BCUT2D eigenvalue weighted by Crippen LogP contribution is 2.22. The SMILES string of the molecule is CC(C)N(C)S(=O)(=O)c1cc(F)ccc1CO. The standard InChI is InChI=1S/C11H16FNO3S/c1-8(2)13(3)17(15,16)11-6-10(12)5-4-9(11)7-14/h4-6,8,14H,7H2,1-3H3. The first-order chi connectivity index (χ1) is 7.80. The van der Waals surface area contributed by atoms with Crippen molar-refractivity contribution in [2.24, 2.45) is 0 Å². The molecule has 0 atom stereocenters. The maximum absolute atomic E-state index is 13.1. The normalized spacial score (nSPS) is 12.4. The van der Waals surface area contributed by atoms with Gasteiger partial charge in [0.1, 0.15) is 5.82 Å². The highest BCUT2D eigenvalue weighted by molar-refractivity contribution is 7.89. The molecule has 0 aliphatic heterocycles. The summed E-state index contributed by atoms with van der Waals surface area (Å²) >= 11 is 0. The van der Waals surface area contributed by atoms with E-state index in [1.807, 2.05) is 0 Å². The maximum Gasteiger partial charge on any atom is 0.243 e. The van der Waals surface area contributed by atoms with Crippen molar-refractivity contribution < 1.29 is 17.9 Å². The van der Waals surface area contributed by atoms with Crippen molar-refractivity contribution in [2.45, 2.75) is 31.4 Å². The number of rotatable bonds is 4. The number of sulfonamides is 1. The molecule has 0 aromatic heterocycles. The zero-order chi connectivity index (χ0) is 13.2. The first-order valence-corrected chi connectivity index (χ1v) is 6.62. The number of hydrogen-bond acceptors (Lipinski definition) is 3. The Morgan fingerprint density at radius 2 is 2.00 bits per heavy atom. The summed E-state index contributed by atoms with van der Waals surface area (Å²) in [5.41, 5.74) is 0.193. The van der Waals surface area contributed by atoms with E-state index in [1.54, 1.807) is 13.8 Å². The fraction of sp³-hybridized carbons (Fsp3) is 0.455. The van der Waals surface area contributed by atoms with Gasteiger partial charge in [0.15, 0.2) is 0 Å². The van der Waals surface area contributed by atoms with Crippen molar-refractivity contribution in [3.05, 3.63) is 29.6 Å². The Morgan fingerprint density at radius 1 is 1.41 bits per heavy atom. The van der Waals surface area contributed by atoms with Crippen LogP contribution in [0.1, 0.15) is 19.4 Å². The number of nitrogens with zero attached hydrogens (tertiary/aromatic N) is 1. The Morgan fingerprint density at radius 3 is 2.47 bits per heavy atom. The van der Waals surface area contributed by atoms with Gasteiger partial charge in [-0.05, 0) is 31.5 Å². The van der Waals surface area contributed by atoms with Crippen LogP contribution in [0.3, 0.4) is 0 Å². The summed E-state index contributed by atoms with van der Waals surface area (Å²) in [5, 5.41) is 9.09. The largest absolute Gasteiger partial charge is 0.392 e. The molecular formula is C11H16FNO3S. The minimum absolute atomic E-state index is 0.184. The predicted octanol–water partition coefficient (Wildman–Crippen LogP) is 1.35. The van der Waals surface area contributed by atoms with Crippen LogP contribution >= 0.6 is 0 Å². The van der Waals surface area contributed by atoms with Crippen LogP contribution in [0.4, 0.5) is 4.39 Å². The summed E-state index contributed by atoms with van der Waals surface area (Å²) in [4.78, 5) is -0.184. The van der Waals surface area contributed by atoms with E-state index >= 15 is 0 Å². The summed E-state index contributed by atoms with van der Waals surface area (Å²) in [7, 11) is -2.35. The highest BCUT2D eigenvalue weighted by Gasteiger charge is 2.26. The van der Waals surface area contributed by atoms with Gasteiger partial charge in [0, 0.05) is 13.1 Å². The van der Waals surface area contributed by atoms with Crippen LogP contribution in [0.2, 0.25) is 0 Å². The topological polar surface area (TPSA) is 57.6 Å². The summed E-state index contributed by atoms with van der Waals surface area (Å²) in [6, 6.07) is 3.09. The van der Waals surface area contributed by atoms with Gasteiger partial charge < -0.3 is 5.11 Å². The predicted molar refractivity (Wildman–Crippen MR) is 62.4 cm³/mol. The van der Waals surface area contributed by atoms with E-state index in [9.17, 15) is 12.8 Å². The van der Waals surface area contributed by atoms with E-state index in [1.165, 1.54) is 13.1 Å². The molecule has 0 unspecified atom stereocenters. The Hall–Kier alpha value is -0.980. The van der Waals surface area contributed by atoms with Gasteiger partial charge >= 0.3 is 0 Å². The van der Waals surface area contributed by atoms with E-state index < -0.39 is 22.4 Å². The highest BCUT2D eigenvalue weighted by atomic mass is 32.2. The van der Waals surface area contributed by atoms with E-state index in [2.05, 4.69) is 0 Å². The van der Waals surface area contributed by atoms with E-state index in [-0.39, 0.29) is 16.5 Å². The second kappa shape index (κ2) is 5.12. The molecule has 1 aromatic rings. The second-order valence-corrected chi connectivity index (χ2v) is 5.99. The summed E-state index contributed by atoms with van der Waals surface area (Å²) < 4.78 is 38.6. The molecule has 0 bridgehead atoms. The Kier molecular flexibility index (Phi) is 4.24. The summed E-state index contributed by atoms with van der Waals surface area (Å²) in [5.74, 6) is -0.641. The first kappa shape index (κ1) is 14.1.